The van der Waals surface area contributed by atoms with E-state index in [2.05, 4.69) is 15.6 Å². The minimum Gasteiger partial charge on any atom is -0.467 e. The molecule has 29 heavy (non-hydrogen) atoms. The number of aliphatic imine (C=N–C) groups is 1. The summed E-state index contributed by atoms with van der Waals surface area (Å²) in [5, 5.41) is 6.60. The maximum atomic E-state index is 12.7. The highest BCUT2D eigenvalue weighted by atomic mass is 127. The maximum absolute atomic E-state index is 12.7. The average Bonchev–Trinajstić information content (AvgIpc) is 3.25. The SMILES string of the molecule is CCNC(=NCc1ccco1)NCC1CCN(S(=O)(=O)c2ccccc2)CC1.I. The van der Waals surface area contributed by atoms with Gasteiger partial charge in [0.05, 0.1) is 11.2 Å². The Labute approximate surface area is 190 Å². The van der Waals surface area contributed by atoms with E-state index < -0.39 is 10.0 Å². The lowest BCUT2D eigenvalue weighted by atomic mass is 9.98. The lowest BCUT2D eigenvalue weighted by Crippen LogP contribution is -2.44. The van der Waals surface area contributed by atoms with Crippen LogP contribution in [0.1, 0.15) is 25.5 Å². The molecule has 1 saturated heterocycles. The van der Waals surface area contributed by atoms with Gasteiger partial charge in [0.15, 0.2) is 5.96 Å². The smallest absolute Gasteiger partial charge is 0.243 e. The quantitative estimate of drug-likeness (QED) is 0.325. The van der Waals surface area contributed by atoms with Gasteiger partial charge in [-0.2, -0.15) is 4.31 Å². The normalized spacial score (nSPS) is 16.2. The first-order valence-corrected chi connectivity index (χ1v) is 11.1. The molecule has 1 aromatic heterocycles. The molecule has 0 radical (unpaired) electrons. The Bertz CT molecular complexity index is 849. The van der Waals surface area contributed by atoms with Crippen molar-refractivity contribution >= 4 is 40.0 Å². The van der Waals surface area contributed by atoms with E-state index in [1.165, 1.54) is 0 Å². The summed E-state index contributed by atoms with van der Waals surface area (Å²) in [4.78, 5) is 4.90. The number of guanidine groups is 1. The van der Waals surface area contributed by atoms with Gasteiger partial charge >= 0.3 is 0 Å². The molecule has 0 unspecified atom stereocenters. The molecular weight excluding hydrogens is 503 g/mol. The van der Waals surface area contributed by atoms with E-state index in [-0.39, 0.29) is 24.0 Å². The van der Waals surface area contributed by atoms with Crippen molar-refractivity contribution in [1.29, 1.82) is 0 Å². The van der Waals surface area contributed by atoms with Crippen LogP contribution >= 0.6 is 24.0 Å². The zero-order valence-corrected chi connectivity index (χ0v) is 19.7. The molecular formula is C20H29IN4O3S. The molecule has 1 aliphatic rings. The first kappa shape index (κ1) is 23.7. The van der Waals surface area contributed by atoms with E-state index in [4.69, 9.17) is 4.42 Å². The summed E-state index contributed by atoms with van der Waals surface area (Å²) in [6.45, 7) is 5.14. The molecule has 2 aromatic rings. The van der Waals surface area contributed by atoms with Gasteiger partial charge in [-0.1, -0.05) is 18.2 Å². The fourth-order valence-electron chi connectivity index (χ4n) is 3.24. The molecule has 2 heterocycles. The number of piperidine rings is 1. The molecule has 0 aliphatic carbocycles. The first-order valence-electron chi connectivity index (χ1n) is 9.69. The maximum Gasteiger partial charge on any atom is 0.243 e. The molecule has 2 N–H and O–H groups in total. The van der Waals surface area contributed by atoms with Crippen molar-refractivity contribution in [2.75, 3.05) is 26.2 Å². The Morgan fingerprint density at radius 2 is 1.86 bits per heavy atom. The van der Waals surface area contributed by atoms with E-state index in [1.54, 1.807) is 34.8 Å². The monoisotopic (exact) mass is 532 g/mol. The second-order valence-electron chi connectivity index (χ2n) is 6.82. The van der Waals surface area contributed by atoms with Gasteiger partial charge in [0.2, 0.25) is 10.0 Å². The van der Waals surface area contributed by atoms with Gasteiger partial charge in [-0.15, -0.1) is 24.0 Å². The third kappa shape index (κ3) is 6.71. The van der Waals surface area contributed by atoms with Gasteiger partial charge in [0.1, 0.15) is 12.3 Å². The number of furan rings is 1. The van der Waals surface area contributed by atoms with Crippen molar-refractivity contribution in [2.45, 2.75) is 31.2 Å². The van der Waals surface area contributed by atoms with Crippen molar-refractivity contribution in [3.05, 3.63) is 54.5 Å². The summed E-state index contributed by atoms with van der Waals surface area (Å²) in [7, 11) is -3.39. The third-order valence-electron chi connectivity index (χ3n) is 4.83. The van der Waals surface area contributed by atoms with Gasteiger partial charge in [-0.3, -0.25) is 0 Å². The molecule has 0 amide bonds. The lowest BCUT2D eigenvalue weighted by molar-refractivity contribution is 0.273. The molecule has 160 valence electrons. The zero-order chi connectivity index (χ0) is 19.8. The number of rotatable bonds is 7. The summed E-state index contributed by atoms with van der Waals surface area (Å²) in [6.07, 6.45) is 3.30. The summed E-state index contributed by atoms with van der Waals surface area (Å²) in [5.41, 5.74) is 0. The minimum atomic E-state index is -3.39. The number of sulfonamides is 1. The van der Waals surface area contributed by atoms with E-state index in [0.29, 0.717) is 30.4 Å². The summed E-state index contributed by atoms with van der Waals surface area (Å²) < 4.78 is 32.3. The van der Waals surface area contributed by atoms with Crippen LogP contribution in [-0.4, -0.2) is 44.9 Å². The van der Waals surface area contributed by atoms with E-state index in [9.17, 15) is 8.42 Å². The molecule has 0 saturated carbocycles. The van der Waals surface area contributed by atoms with Crippen molar-refractivity contribution < 1.29 is 12.8 Å². The Hall–Kier alpha value is -1.59. The molecule has 0 spiro atoms. The molecule has 0 bridgehead atoms. The van der Waals surface area contributed by atoms with Crippen LogP contribution in [0.3, 0.4) is 0 Å². The highest BCUT2D eigenvalue weighted by Gasteiger charge is 2.29. The Balaban J connectivity index is 0.00000300. The molecule has 1 aliphatic heterocycles. The second-order valence-corrected chi connectivity index (χ2v) is 8.75. The summed E-state index contributed by atoms with van der Waals surface area (Å²) >= 11 is 0. The van der Waals surface area contributed by atoms with Crippen LogP contribution < -0.4 is 10.6 Å². The van der Waals surface area contributed by atoms with E-state index >= 15 is 0 Å². The fourth-order valence-corrected chi connectivity index (χ4v) is 4.73. The van der Waals surface area contributed by atoms with Gasteiger partial charge in [-0.05, 0) is 49.9 Å². The number of halogens is 1. The van der Waals surface area contributed by atoms with E-state index in [0.717, 1.165) is 37.7 Å². The third-order valence-corrected chi connectivity index (χ3v) is 6.74. The van der Waals surface area contributed by atoms with Crippen LogP contribution in [0.2, 0.25) is 0 Å². The summed E-state index contributed by atoms with van der Waals surface area (Å²) in [5.74, 6) is 1.98. The Morgan fingerprint density at radius 3 is 2.48 bits per heavy atom. The molecule has 1 aromatic carbocycles. The second kappa shape index (κ2) is 11.6. The molecule has 7 nitrogen and oxygen atoms in total. The van der Waals surface area contributed by atoms with Gasteiger partial charge in [0, 0.05) is 26.2 Å². The molecule has 3 rings (SSSR count). The van der Waals surface area contributed by atoms with Crippen LogP contribution in [-0.2, 0) is 16.6 Å². The predicted molar refractivity (Wildman–Crippen MR) is 125 cm³/mol. The van der Waals surface area contributed by atoms with Crippen molar-refractivity contribution in [1.82, 2.24) is 14.9 Å². The average molecular weight is 532 g/mol. The van der Waals surface area contributed by atoms with Crippen LogP contribution in [0.25, 0.3) is 0 Å². The summed E-state index contributed by atoms with van der Waals surface area (Å²) in [6, 6.07) is 12.4. The minimum absolute atomic E-state index is 0. The molecule has 9 heteroatoms. The van der Waals surface area contributed by atoms with Crippen LogP contribution in [0.4, 0.5) is 0 Å². The number of nitrogens with zero attached hydrogens (tertiary/aromatic N) is 2. The highest BCUT2D eigenvalue weighted by Crippen LogP contribution is 2.23. The number of hydrogen-bond donors (Lipinski definition) is 2. The van der Waals surface area contributed by atoms with Crippen molar-refractivity contribution in [2.24, 2.45) is 10.9 Å². The van der Waals surface area contributed by atoms with Gasteiger partial charge < -0.3 is 15.1 Å². The van der Waals surface area contributed by atoms with Crippen LogP contribution in [0, 0.1) is 5.92 Å². The zero-order valence-electron chi connectivity index (χ0n) is 16.6. The van der Waals surface area contributed by atoms with Crippen LogP contribution in [0.15, 0.2) is 63.0 Å². The lowest BCUT2D eigenvalue weighted by Gasteiger charge is -2.31. The first-order chi connectivity index (χ1) is 13.6. The van der Waals surface area contributed by atoms with Gasteiger partial charge in [0.25, 0.3) is 0 Å². The predicted octanol–water partition coefficient (Wildman–Crippen LogP) is 3.05. The fraction of sp³-hybridized carbons (Fsp3) is 0.450. The molecule has 0 atom stereocenters. The Kier molecular flexibility index (Phi) is 9.44. The van der Waals surface area contributed by atoms with Gasteiger partial charge in [-0.25, -0.2) is 13.4 Å². The van der Waals surface area contributed by atoms with Crippen molar-refractivity contribution in [3.63, 3.8) is 0 Å². The van der Waals surface area contributed by atoms with Crippen molar-refractivity contribution in [3.8, 4) is 0 Å². The standard InChI is InChI=1S/C20H28N4O3S.HI/c1-2-21-20(23-16-18-7-6-14-27-18)22-15-17-10-12-24(13-11-17)28(25,26)19-8-4-3-5-9-19;/h3-9,14,17H,2,10-13,15-16H2,1H3,(H2,21,22,23);1H. The van der Waals surface area contributed by atoms with Crippen LogP contribution in [0.5, 0.6) is 0 Å². The highest BCUT2D eigenvalue weighted by molar-refractivity contribution is 14.0. The molecule has 1 fully saturated rings. The number of benzene rings is 1. The van der Waals surface area contributed by atoms with E-state index in [1.807, 2.05) is 25.1 Å². The largest absolute Gasteiger partial charge is 0.467 e. The number of nitrogens with one attached hydrogen (secondary N) is 2. The topological polar surface area (TPSA) is 86.9 Å². The number of hydrogen-bond acceptors (Lipinski definition) is 4. The Morgan fingerprint density at radius 1 is 1.14 bits per heavy atom.